The van der Waals surface area contributed by atoms with Crippen LogP contribution in [0.25, 0.3) is 35.3 Å². The van der Waals surface area contributed by atoms with Crippen LogP contribution in [0.15, 0.2) is 49.3 Å². The lowest BCUT2D eigenvalue weighted by Gasteiger charge is -2.37. The number of aromatic nitrogens is 6. The number of H-pyrrole nitrogens is 2. The Morgan fingerprint density at radius 3 is 2.70 bits per heavy atom. The third-order valence-electron chi connectivity index (χ3n) is 6.31. The van der Waals surface area contributed by atoms with Crippen molar-refractivity contribution in [1.29, 1.82) is 0 Å². The molecule has 0 bridgehead atoms. The van der Waals surface area contributed by atoms with Gasteiger partial charge in [0.15, 0.2) is 5.82 Å². The van der Waals surface area contributed by atoms with Crippen LogP contribution in [0.3, 0.4) is 0 Å². The number of nitrogens with one attached hydrogen (secondary N) is 2. The van der Waals surface area contributed by atoms with Gasteiger partial charge in [-0.15, -0.1) is 11.3 Å². The van der Waals surface area contributed by atoms with Gasteiger partial charge in [-0.25, -0.2) is 9.97 Å². The van der Waals surface area contributed by atoms with E-state index < -0.39 is 0 Å². The highest BCUT2D eigenvalue weighted by Gasteiger charge is 2.24. The molecule has 8 nitrogen and oxygen atoms in total. The molecule has 5 rings (SSSR count). The predicted molar refractivity (Wildman–Crippen MR) is 152 cm³/mol. The summed E-state index contributed by atoms with van der Waals surface area (Å²) >= 11 is 1.73. The van der Waals surface area contributed by atoms with Crippen molar-refractivity contribution < 1.29 is 0 Å². The smallest absolute Gasteiger partial charge is 0.159 e. The van der Waals surface area contributed by atoms with E-state index in [1.54, 1.807) is 29.8 Å². The molecule has 0 spiro atoms. The van der Waals surface area contributed by atoms with Crippen LogP contribution in [0, 0.1) is 13.8 Å². The number of imidazole rings is 1. The summed E-state index contributed by atoms with van der Waals surface area (Å²) in [6, 6.07) is 4.44. The van der Waals surface area contributed by atoms with Crippen LogP contribution in [0.2, 0.25) is 0 Å². The second kappa shape index (κ2) is 10.1. The molecule has 37 heavy (non-hydrogen) atoms. The number of thiophene rings is 1. The van der Waals surface area contributed by atoms with Crippen LogP contribution < -0.4 is 21.2 Å². The fraction of sp³-hybridized carbons (Fsp3) is 0.214. The predicted octanol–water partition coefficient (Wildman–Crippen LogP) is 3.33. The summed E-state index contributed by atoms with van der Waals surface area (Å²) in [6.07, 6.45) is 11.3. The Hall–Kier alpha value is -4.08. The number of hydrogen-bond donors (Lipinski definition) is 3. The maximum atomic E-state index is 5.91. The zero-order valence-electron chi connectivity index (χ0n) is 21.2. The van der Waals surface area contributed by atoms with Gasteiger partial charge in [0.05, 0.1) is 29.1 Å². The normalized spacial score (nSPS) is 15.4. The van der Waals surface area contributed by atoms with Crippen LogP contribution in [-0.4, -0.2) is 49.3 Å². The van der Waals surface area contributed by atoms with E-state index in [4.69, 9.17) is 15.7 Å². The lowest BCUT2D eigenvalue weighted by molar-refractivity contribution is 0.513. The first kappa shape index (κ1) is 24.6. The summed E-state index contributed by atoms with van der Waals surface area (Å²) in [7, 11) is 0. The summed E-state index contributed by atoms with van der Waals surface area (Å²) in [6.45, 7) is 15.9. The van der Waals surface area contributed by atoms with Crippen molar-refractivity contribution >= 4 is 41.0 Å². The van der Waals surface area contributed by atoms with Crippen molar-refractivity contribution in [3.05, 3.63) is 86.7 Å². The third kappa shape index (κ3) is 4.96. The summed E-state index contributed by atoms with van der Waals surface area (Å²) in [4.78, 5) is 21.9. The van der Waals surface area contributed by atoms with Gasteiger partial charge in [0.2, 0.25) is 0 Å². The number of aromatic amines is 2. The number of nitrogens with zero attached hydrogens (tertiary/aromatic N) is 5. The molecule has 4 aromatic heterocycles. The number of nitrogens with two attached hydrogens (primary N) is 1. The van der Waals surface area contributed by atoms with Crippen molar-refractivity contribution in [2.24, 2.45) is 5.73 Å². The Kier molecular flexibility index (Phi) is 6.73. The van der Waals surface area contributed by atoms with Gasteiger partial charge >= 0.3 is 0 Å². The first-order valence-corrected chi connectivity index (χ1v) is 12.9. The van der Waals surface area contributed by atoms with Crippen LogP contribution in [0.4, 0.5) is 5.82 Å². The van der Waals surface area contributed by atoms with Gasteiger partial charge in [0.1, 0.15) is 11.5 Å². The Balaban J connectivity index is 1.43. The standard InChI is InChI=1S/C28H30N8S/c1-6-7-21(24-11-9-17(3)37-24)27-19(5)31-28(33-27)26-18(4)22(34-35-26)10-8-16(2)23-12-30-13-25(32-23)36-14-20(29)15-36/h6-13,20,34H,1,4,14-15,29H2,2-3,5H3,(H,31,33)/b16-8+,21-7-,22-10+. The number of rotatable bonds is 7. The highest BCUT2D eigenvalue weighted by Crippen LogP contribution is 2.31. The number of anilines is 1. The molecule has 1 saturated heterocycles. The SMILES string of the molecule is C=C/C=C(/c1ccc(C)s1)c1nc(-c2n[nH]/c(=C/C=C(\C)c3cncc(N4CC(N)C4)n3)c2=C)[nH]c1C. The van der Waals surface area contributed by atoms with E-state index in [2.05, 4.69) is 57.3 Å². The Morgan fingerprint density at radius 1 is 1.19 bits per heavy atom. The van der Waals surface area contributed by atoms with Gasteiger partial charge in [-0.1, -0.05) is 31.4 Å². The van der Waals surface area contributed by atoms with Gasteiger partial charge in [-0.2, -0.15) is 5.10 Å². The average Bonchev–Trinajstić information content (AvgIpc) is 3.57. The molecule has 0 amide bonds. The minimum Gasteiger partial charge on any atom is -0.352 e. The van der Waals surface area contributed by atoms with Crippen LogP contribution in [0.1, 0.15) is 33.8 Å². The van der Waals surface area contributed by atoms with Gasteiger partial charge in [0.25, 0.3) is 0 Å². The average molecular weight is 511 g/mol. The van der Waals surface area contributed by atoms with Gasteiger partial charge in [0, 0.05) is 45.4 Å². The second-order valence-electron chi connectivity index (χ2n) is 9.19. The molecule has 0 aliphatic carbocycles. The van der Waals surface area contributed by atoms with E-state index in [9.17, 15) is 0 Å². The Bertz CT molecular complexity index is 1630. The van der Waals surface area contributed by atoms with Crippen LogP contribution in [0.5, 0.6) is 0 Å². The molecule has 0 atom stereocenters. The molecule has 1 aliphatic heterocycles. The monoisotopic (exact) mass is 510 g/mol. The van der Waals surface area contributed by atoms with Crippen molar-refractivity contribution in [3.8, 4) is 11.5 Å². The molecule has 9 heteroatoms. The van der Waals surface area contributed by atoms with E-state index in [1.165, 1.54) is 4.88 Å². The molecular weight excluding hydrogens is 480 g/mol. The zero-order valence-corrected chi connectivity index (χ0v) is 22.1. The fourth-order valence-corrected chi connectivity index (χ4v) is 5.11. The molecular formula is C28H30N8S. The maximum Gasteiger partial charge on any atom is 0.159 e. The number of hydrogen-bond acceptors (Lipinski definition) is 7. The molecule has 0 aromatic carbocycles. The first-order valence-electron chi connectivity index (χ1n) is 12.1. The zero-order chi connectivity index (χ0) is 26.1. The second-order valence-corrected chi connectivity index (χ2v) is 10.5. The molecule has 188 valence electrons. The summed E-state index contributed by atoms with van der Waals surface area (Å²) in [5.74, 6) is 1.52. The van der Waals surface area contributed by atoms with Gasteiger partial charge in [-0.05, 0) is 44.6 Å². The lowest BCUT2D eigenvalue weighted by Crippen LogP contribution is -2.56. The van der Waals surface area contributed by atoms with Crippen molar-refractivity contribution in [2.75, 3.05) is 18.0 Å². The topological polar surface area (TPSA) is 112 Å². The van der Waals surface area contributed by atoms with Crippen LogP contribution in [-0.2, 0) is 0 Å². The summed E-state index contributed by atoms with van der Waals surface area (Å²) in [5.41, 5.74) is 11.3. The summed E-state index contributed by atoms with van der Waals surface area (Å²) in [5, 5.41) is 9.17. The Labute approximate surface area is 219 Å². The number of allylic oxidation sites excluding steroid dienone is 4. The van der Waals surface area contributed by atoms with E-state index >= 15 is 0 Å². The minimum absolute atomic E-state index is 0.207. The maximum absolute atomic E-state index is 5.91. The molecule has 4 N–H and O–H groups in total. The third-order valence-corrected chi connectivity index (χ3v) is 7.35. The molecule has 0 unspecified atom stereocenters. The highest BCUT2D eigenvalue weighted by atomic mass is 32.1. The van der Waals surface area contributed by atoms with Gasteiger partial charge < -0.3 is 15.6 Å². The molecule has 5 heterocycles. The molecule has 0 saturated carbocycles. The molecule has 0 radical (unpaired) electrons. The largest absolute Gasteiger partial charge is 0.352 e. The van der Waals surface area contributed by atoms with E-state index in [-0.39, 0.29) is 6.04 Å². The first-order chi connectivity index (χ1) is 17.8. The highest BCUT2D eigenvalue weighted by molar-refractivity contribution is 7.13. The molecule has 1 fully saturated rings. The summed E-state index contributed by atoms with van der Waals surface area (Å²) < 4.78 is 0. The lowest BCUT2D eigenvalue weighted by atomic mass is 10.1. The quantitative estimate of drug-likeness (QED) is 0.329. The number of aryl methyl sites for hydroxylation is 2. The molecule has 1 aliphatic rings. The minimum atomic E-state index is 0.207. The van der Waals surface area contributed by atoms with Crippen molar-refractivity contribution in [1.82, 2.24) is 30.1 Å². The van der Waals surface area contributed by atoms with Crippen LogP contribution >= 0.6 is 11.3 Å². The van der Waals surface area contributed by atoms with E-state index in [1.807, 2.05) is 32.1 Å². The fourth-order valence-electron chi connectivity index (χ4n) is 4.21. The van der Waals surface area contributed by atoms with Gasteiger partial charge in [-0.3, -0.25) is 10.1 Å². The van der Waals surface area contributed by atoms with E-state index in [0.717, 1.165) is 62.6 Å². The van der Waals surface area contributed by atoms with Crippen molar-refractivity contribution in [3.63, 3.8) is 0 Å². The van der Waals surface area contributed by atoms with E-state index in [0.29, 0.717) is 11.5 Å². The Morgan fingerprint density at radius 2 is 2.00 bits per heavy atom. The molecule has 4 aromatic rings. The van der Waals surface area contributed by atoms with Crippen molar-refractivity contribution in [2.45, 2.75) is 26.8 Å².